The molecule has 0 spiro atoms. The fourth-order valence-electron chi connectivity index (χ4n) is 3.41. The van der Waals surface area contributed by atoms with Crippen molar-refractivity contribution in [3.05, 3.63) is 64.7 Å². The highest BCUT2D eigenvalue weighted by atomic mass is 16.5. The van der Waals surface area contributed by atoms with Gasteiger partial charge in [-0.15, -0.1) is 0 Å². The van der Waals surface area contributed by atoms with Crippen LogP contribution in [0, 0.1) is 13.8 Å². The molecule has 1 aliphatic rings. The van der Waals surface area contributed by atoms with Gasteiger partial charge in [0.25, 0.3) is 0 Å². The Bertz CT molecular complexity index is 779. The van der Waals surface area contributed by atoms with Gasteiger partial charge in [0.05, 0.1) is 6.04 Å². The van der Waals surface area contributed by atoms with Crippen LogP contribution in [0.25, 0.3) is 0 Å². The van der Waals surface area contributed by atoms with Crippen molar-refractivity contribution in [2.45, 2.75) is 58.6 Å². The number of rotatable bonds is 4. The van der Waals surface area contributed by atoms with E-state index in [2.05, 4.69) is 51.2 Å². The quantitative estimate of drug-likeness (QED) is 0.881. The Labute approximate surface area is 150 Å². The minimum Gasteiger partial charge on any atom is -0.487 e. The van der Waals surface area contributed by atoms with Gasteiger partial charge in [0.15, 0.2) is 0 Å². The molecule has 0 saturated carbocycles. The van der Waals surface area contributed by atoms with Gasteiger partial charge in [-0.2, -0.15) is 0 Å². The Morgan fingerprint density at radius 3 is 2.68 bits per heavy atom. The number of amides is 1. The minimum atomic E-state index is -0.277. The predicted octanol–water partition coefficient (Wildman–Crippen LogP) is 4.65. The molecule has 0 aliphatic carbocycles. The zero-order chi connectivity index (χ0) is 18.0. The van der Waals surface area contributed by atoms with Crippen LogP contribution in [0.2, 0.25) is 0 Å². The van der Waals surface area contributed by atoms with E-state index in [1.54, 1.807) is 0 Å². The van der Waals surface area contributed by atoms with Crippen LogP contribution in [0.3, 0.4) is 0 Å². The first-order valence-electron chi connectivity index (χ1n) is 8.97. The molecule has 0 aromatic heterocycles. The molecule has 0 bridgehead atoms. The third-order valence-electron chi connectivity index (χ3n) is 4.92. The molecule has 1 aliphatic heterocycles. The SMILES string of the molecule is Cc1ccc(CCC(=O)N[C@H]2CC(C)(C)Oc3ccccc32)cc1C. The lowest BCUT2D eigenvalue weighted by molar-refractivity contribution is -0.122. The Balaban J connectivity index is 1.65. The largest absolute Gasteiger partial charge is 0.487 e. The van der Waals surface area contributed by atoms with Crippen molar-refractivity contribution >= 4 is 5.91 Å². The van der Waals surface area contributed by atoms with Crippen molar-refractivity contribution in [2.75, 3.05) is 0 Å². The number of fused-ring (bicyclic) bond motifs is 1. The third-order valence-corrected chi connectivity index (χ3v) is 4.92. The molecule has 3 rings (SSSR count). The Morgan fingerprint density at radius 1 is 1.16 bits per heavy atom. The van der Waals surface area contributed by atoms with Gasteiger partial charge in [0, 0.05) is 18.4 Å². The lowest BCUT2D eigenvalue weighted by atomic mass is 9.89. The molecule has 0 unspecified atom stereocenters. The van der Waals surface area contributed by atoms with E-state index in [0.29, 0.717) is 6.42 Å². The lowest BCUT2D eigenvalue weighted by Gasteiger charge is -2.37. The number of benzene rings is 2. The van der Waals surface area contributed by atoms with Gasteiger partial charge in [-0.25, -0.2) is 0 Å². The summed E-state index contributed by atoms with van der Waals surface area (Å²) in [7, 11) is 0. The number of carbonyl (C=O) groups is 1. The molecule has 25 heavy (non-hydrogen) atoms. The van der Waals surface area contributed by atoms with Gasteiger partial charge in [-0.1, -0.05) is 36.4 Å². The molecule has 1 amide bonds. The number of ether oxygens (including phenoxy) is 1. The summed E-state index contributed by atoms with van der Waals surface area (Å²) >= 11 is 0. The van der Waals surface area contributed by atoms with Gasteiger partial charge in [0.2, 0.25) is 5.91 Å². The summed E-state index contributed by atoms with van der Waals surface area (Å²) in [6, 6.07) is 14.4. The van der Waals surface area contributed by atoms with Crippen molar-refractivity contribution in [1.29, 1.82) is 0 Å². The molecule has 3 heteroatoms. The summed E-state index contributed by atoms with van der Waals surface area (Å²) in [6.07, 6.45) is 2.04. The fourth-order valence-corrected chi connectivity index (χ4v) is 3.41. The first-order valence-corrected chi connectivity index (χ1v) is 8.97. The smallest absolute Gasteiger partial charge is 0.220 e. The van der Waals surface area contributed by atoms with Crippen molar-refractivity contribution in [2.24, 2.45) is 0 Å². The molecule has 0 fully saturated rings. The summed E-state index contributed by atoms with van der Waals surface area (Å²) in [5.74, 6) is 0.967. The summed E-state index contributed by atoms with van der Waals surface area (Å²) in [5.41, 5.74) is 4.57. The molecule has 2 aromatic rings. The second kappa shape index (κ2) is 6.91. The van der Waals surface area contributed by atoms with E-state index in [4.69, 9.17) is 4.74 Å². The monoisotopic (exact) mass is 337 g/mol. The molecule has 1 N–H and O–H groups in total. The van der Waals surface area contributed by atoms with Gasteiger partial charge >= 0.3 is 0 Å². The summed E-state index contributed by atoms with van der Waals surface area (Å²) in [5, 5.41) is 3.21. The van der Waals surface area contributed by atoms with Crippen LogP contribution in [0.5, 0.6) is 5.75 Å². The van der Waals surface area contributed by atoms with Crippen molar-refractivity contribution in [1.82, 2.24) is 5.32 Å². The number of hydrogen-bond donors (Lipinski definition) is 1. The Hall–Kier alpha value is -2.29. The van der Waals surface area contributed by atoms with E-state index >= 15 is 0 Å². The maximum atomic E-state index is 12.5. The van der Waals surface area contributed by atoms with Gasteiger partial charge in [0.1, 0.15) is 11.4 Å². The van der Waals surface area contributed by atoms with Gasteiger partial charge in [-0.05, 0) is 56.9 Å². The zero-order valence-corrected chi connectivity index (χ0v) is 15.6. The number of carbonyl (C=O) groups excluding carboxylic acids is 1. The number of para-hydroxylation sites is 1. The van der Waals surface area contributed by atoms with E-state index in [-0.39, 0.29) is 17.6 Å². The Morgan fingerprint density at radius 2 is 1.92 bits per heavy atom. The predicted molar refractivity (Wildman–Crippen MR) is 101 cm³/mol. The van der Waals surface area contributed by atoms with Crippen molar-refractivity contribution in [3.63, 3.8) is 0 Å². The normalized spacial score (nSPS) is 18.2. The molecule has 2 aromatic carbocycles. The molecule has 0 saturated heterocycles. The molecule has 3 nitrogen and oxygen atoms in total. The van der Waals surface area contributed by atoms with E-state index in [9.17, 15) is 4.79 Å². The number of nitrogens with one attached hydrogen (secondary N) is 1. The average Bonchev–Trinajstić information content (AvgIpc) is 2.55. The highest BCUT2D eigenvalue weighted by Crippen LogP contribution is 2.39. The third kappa shape index (κ3) is 4.22. The maximum absolute atomic E-state index is 12.5. The summed E-state index contributed by atoms with van der Waals surface area (Å²) < 4.78 is 6.03. The maximum Gasteiger partial charge on any atom is 0.220 e. The van der Waals surface area contributed by atoms with E-state index < -0.39 is 0 Å². The van der Waals surface area contributed by atoms with E-state index in [0.717, 1.165) is 24.2 Å². The first-order chi connectivity index (χ1) is 11.8. The highest BCUT2D eigenvalue weighted by Gasteiger charge is 2.34. The minimum absolute atomic E-state index is 0.00667. The highest BCUT2D eigenvalue weighted by molar-refractivity contribution is 5.77. The van der Waals surface area contributed by atoms with E-state index in [1.165, 1.54) is 16.7 Å². The molecule has 0 radical (unpaired) electrons. The summed E-state index contributed by atoms with van der Waals surface area (Å²) in [6.45, 7) is 8.35. The van der Waals surface area contributed by atoms with Crippen LogP contribution >= 0.6 is 0 Å². The molecular weight excluding hydrogens is 310 g/mol. The fraction of sp³-hybridized carbons (Fsp3) is 0.409. The van der Waals surface area contributed by atoms with Crippen molar-refractivity contribution < 1.29 is 9.53 Å². The van der Waals surface area contributed by atoms with Crippen LogP contribution in [-0.2, 0) is 11.2 Å². The second-order valence-corrected chi connectivity index (χ2v) is 7.64. The van der Waals surface area contributed by atoms with Crippen LogP contribution in [0.4, 0.5) is 0 Å². The van der Waals surface area contributed by atoms with Gasteiger partial charge in [-0.3, -0.25) is 4.79 Å². The van der Waals surface area contributed by atoms with Crippen LogP contribution < -0.4 is 10.1 Å². The number of hydrogen-bond acceptors (Lipinski definition) is 2. The molecule has 132 valence electrons. The zero-order valence-electron chi connectivity index (χ0n) is 15.6. The van der Waals surface area contributed by atoms with Crippen LogP contribution in [-0.4, -0.2) is 11.5 Å². The average molecular weight is 337 g/mol. The lowest BCUT2D eigenvalue weighted by Crippen LogP contribution is -2.41. The van der Waals surface area contributed by atoms with Gasteiger partial charge < -0.3 is 10.1 Å². The molecular formula is C22H27NO2. The first kappa shape index (κ1) is 17.5. The van der Waals surface area contributed by atoms with Crippen LogP contribution in [0.15, 0.2) is 42.5 Å². The molecule has 1 heterocycles. The van der Waals surface area contributed by atoms with Crippen molar-refractivity contribution in [3.8, 4) is 5.75 Å². The topological polar surface area (TPSA) is 38.3 Å². The summed E-state index contributed by atoms with van der Waals surface area (Å²) in [4.78, 5) is 12.5. The standard InChI is InChI=1S/C22H27NO2/c1-15-9-10-17(13-16(15)2)11-12-21(24)23-19-14-22(3,4)25-20-8-6-5-7-18(19)20/h5-10,13,19H,11-12,14H2,1-4H3,(H,23,24)/t19-/m0/s1. The van der Waals surface area contributed by atoms with E-state index in [1.807, 2.05) is 24.3 Å². The number of aryl methyl sites for hydroxylation is 3. The van der Waals surface area contributed by atoms with Crippen LogP contribution in [0.1, 0.15) is 55.0 Å². The molecule has 1 atom stereocenters. The second-order valence-electron chi connectivity index (χ2n) is 7.64. The Kier molecular flexibility index (Phi) is 4.85.